The van der Waals surface area contributed by atoms with Crippen molar-refractivity contribution in [1.82, 2.24) is 0 Å². The number of aliphatic hydroxyl groups is 3. The van der Waals surface area contributed by atoms with E-state index < -0.39 is 42.5 Å². The topological polar surface area (TPSA) is 245 Å². The molecule has 6 bridgehead atoms. The molecule has 9 aromatic rings. The Labute approximate surface area is 631 Å². The predicted octanol–water partition coefficient (Wildman–Crippen LogP) is 13.1. The minimum Gasteiger partial charge on any atom is -0.493 e. The molecule has 3 aromatic carbocycles. The van der Waals surface area contributed by atoms with E-state index in [4.69, 9.17) is 47.7 Å². The van der Waals surface area contributed by atoms with Crippen LogP contribution < -0.4 is 14.2 Å². The molecule has 6 N–H and O–H groups in total. The molecule has 0 spiro atoms. The summed E-state index contributed by atoms with van der Waals surface area (Å²) in [5.41, 5.74) is -5.20. The molecule has 6 aromatic heterocycles. The summed E-state index contributed by atoms with van der Waals surface area (Å²) in [6, 6.07) is 51.8. The summed E-state index contributed by atoms with van der Waals surface area (Å²) in [6.45, 7) is 14.4. The van der Waals surface area contributed by atoms with E-state index in [0.29, 0.717) is 66.8 Å². The maximum absolute atomic E-state index is 13.4. The fraction of sp³-hybridized carbons (Fsp3) is 0.423. The molecule has 26 heteroatoms. The van der Waals surface area contributed by atoms with Crippen molar-refractivity contribution in [3.63, 3.8) is 0 Å². The van der Waals surface area contributed by atoms with Gasteiger partial charge in [0.2, 0.25) is 16.8 Å². The Morgan fingerprint density at radius 3 is 0.760 bits per heavy atom. The molecule has 0 aliphatic carbocycles. The van der Waals surface area contributed by atoms with Gasteiger partial charge in [-0.3, -0.25) is 0 Å². The van der Waals surface area contributed by atoms with Crippen LogP contribution in [-0.2, 0) is 50.0 Å². The lowest BCUT2D eigenvalue weighted by Gasteiger charge is -2.52. The van der Waals surface area contributed by atoms with Crippen molar-refractivity contribution < 1.29 is 90.8 Å². The van der Waals surface area contributed by atoms with Crippen LogP contribution in [0.3, 0.4) is 0 Å². The first-order valence-corrected chi connectivity index (χ1v) is 42.5. The van der Waals surface area contributed by atoms with Crippen LogP contribution in [0.25, 0.3) is 0 Å². The number of phosphoric acid groups is 1. The highest BCUT2D eigenvalue weighted by atomic mass is 32.1. The number of nitrogens with zero attached hydrogens (tertiary/aromatic N) is 3. The number of fused-ring (bicyclic) bond motifs is 9. The van der Waals surface area contributed by atoms with E-state index in [9.17, 15) is 29.7 Å². The maximum atomic E-state index is 13.4. The summed E-state index contributed by atoms with van der Waals surface area (Å²) in [4.78, 5) is 65.5. The Bertz CT molecular complexity index is 3570. The van der Waals surface area contributed by atoms with Crippen LogP contribution in [0.5, 0.6) is 17.2 Å². The third kappa shape index (κ3) is 18.9. The maximum Gasteiger partial charge on any atom is 0.466 e. The van der Waals surface area contributed by atoms with Gasteiger partial charge in [0.15, 0.2) is 18.3 Å². The first-order valence-electron chi connectivity index (χ1n) is 35.7. The lowest BCUT2D eigenvalue weighted by molar-refractivity contribution is -0.946. The Morgan fingerprint density at radius 2 is 0.567 bits per heavy atom. The standard InChI is InChI=1S/3C26H30NO4S2.H3O4P/c3*28-25(26(29,23-9-4-17-32-23)24-10-5-18-33-24)31-22-19-27(14-11-20(22)12-15-27)13-6-16-30-21-7-2-1-3-8-21;1-5(2,3)4/h3*1-5,7-10,17-18,20,22,29H,6,11-16,19H2;(H3,1,2,3,4)/q3*+1;. The van der Waals surface area contributed by atoms with Gasteiger partial charge in [-0.15, -0.1) is 68.0 Å². The number of esters is 3. The zero-order chi connectivity index (χ0) is 72.7. The molecule has 19 nitrogen and oxygen atoms in total. The van der Waals surface area contributed by atoms with Gasteiger partial charge in [-0.05, 0) is 105 Å². The molecule has 0 amide bonds. The lowest BCUT2D eigenvalue weighted by atomic mass is 9.83. The molecule has 18 rings (SSSR count). The number of carbonyl (C=O) groups is 3. The number of benzene rings is 3. The number of hydrogen-bond donors (Lipinski definition) is 6. The summed E-state index contributed by atoms with van der Waals surface area (Å²) in [7, 11) is -4.64. The van der Waals surface area contributed by atoms with Crippen LogP contribution in [-0.4, -0.2) is 178 Å². The van der Waals surface area contributed by atoms with Crippen LogP contribution >= 0.6 is 75.8 Å². The van der Waals surface area contributed by atoms with Crippen molar-refractivity contribution in [2.45, 2.75) is 92.9 Å². The summed E-state index contributed by atoms with van der Waals surface area (Å²) in [5, 5.41) is 46.0. The van der Waals surface area contributed by atoms with Gasteiger partial charge in [-0.2, -0.15) is 0 Å². The van der Waals surface area contributed by atoms with E-state index in [1.54, 1.807) is 0 Å². The number of hydrogen-bond acceptors (Lipinski definition) is 19. The van der Waals surface area contributed by atoms with Gasteiger partial charge in [0.1, 0.15) is 36.9 Å². The van der Waals surface area contributed by atoms with Gasteiger partial charge in [-0.1, -0.05) is 91.0 Å². The molecule has 3 unspecified atom stereocenters. The molecule has 0 saturated carbocycles. The quantitative estimate of drug-likeness (QED) is 0.00921. The summed E-state index contributed by atoms with van der Waals surface area (Å²) in [5.74, 6) is 2.22. The van der Waals surface area contributed by atoms with Crippen LogP contribution in [0.15, 0.2) is 196 Å². The minimum absolute atomic E-state index is 0.151. The monoisotopic (exact) mass is 1550 g/mol. The zero-order valence-corrected chi connectivity index (χ0v) is 63.8. The number of thiophene rings is 6. The fourth-order valence-electron chi connectivity index (χ4n) is 15.9. The number of piperidine rings is 9. The van der Waals surface area contributed by atoms with Gasteiger partial charge in [0.05, 0.1) is 108 Å². The number of rotatable bonds is 27. The third-order valence-corrected chi connectivity index (χ3v) is 27.3. The summed E-state index contributed by atoms with van der Waals surface area (Å²) >= 11 is 8.30. The van der Waals surface area contributed by atoms with E-state index in [-0.39, 0.29) is 18.3 Å². The van der Waals surface area contributed by atoms with Gasteiger partial charge in [0.25, 0.3) is 0 Å². The predicted molar refractivity (Wildman–Crippen MR) is 406 cm³/mol. The molecular formula is C78H93N3O16PS6+3. The second-order valence-corrected chi connectivity index (χ2v) is 34.7. The van der Waals surface area contributed by atoms with Gasteiger partial charge < -0.3 is 71.9 Å². The first-order chi connectivity index (χ1) is 50.3. The lowest BCUT2D eigenvalue weighted by Crippen LogP contribution is -2.65. The summed E-state index contributed by atoms with van der Waals surface area (Å²) < 4.78 is 47.8. The number of ether oxygens (including phenoxy) is 6. The molecule has 554 valence electrons. The van der Waals surface area contributed by atoms with Gasteiger partial charge >= 0.3 is 25.7 Å². The van der Waals surface area contributed by atoms with Crippen molar-refractivity contribution in [2.75, 3.05) is 98.4 Å². The van der Waals surface area contributed by atoms with E-state index in [1.165, 1.54) is 68.0 Å². The highest BCUT2D eigenvalue weighted by Gasteiger charge is 2.55. The van der Waals surface area contributed by atoms with Gasteiger partial charge in [-0.25, -0.2) is 18.9 Å². The van der Waals surface area contributed by atoms with Crippen molar-refractivity contribution in [3.8, 4) is 17.2 Å². The normalized spacial score (nSPS) is 23.9. The molecule has 9 aliphatic rings. The summed E-state index contributed by atoms with van der Waals surface area (Å²) in [6.07, 6.45) is 8.83. The van der Waals surface area contributed by atoms with Crippen LogP contribution in [0.1, 0.15) is 87.1 Å². The van der Waals surface area contributed by atoms with Crippen LogP contribution in [0.4, 0.5) is 0 Å². The SMILES string of the molecule is O=C(OC1C[N+]2(CCCOc3ccccc3)CCC1CC2)C(O)(c1cccs1)c1cccs1.O=C(OC1C[N+]2(CCCOc3ccccc3)CCC1CC2)C(O)(c1cccs1)c1cccs1.O=C(OC1C[N+]2(CCCOc3ccccc3)CCC1CC2)C(O)(c1cccs1)c1cccs1.O=P(O)(O)O. The van der Waals surface area contributed by atoms with Crippen LogP contribution in [0, 0.1) is 17.8 Å². The number of para-hydroxylation sites is 3. The molecule has 0 radical (unpaired) electrons. The first kappa shape index (κ1) is 77.2. The molecular weight excluding hydrogens is 1460 g/mol. The Hall–Kier alpha value is -6.46. The van der Waals surface area contributed by atoms with Crippen molar-refractivity contribution in [1.29, 1.82) is 0 Å². The van der Waals surface area contributed by atoms with E-state index >= 15 is 0 Å². The molecule has 15 heterocycles. The van der Waals surface area contributed by atoms with Crippen molar-refractivity contribution in [2.24, 2.45) is 17.8 Å². The largest absolute Gasteiger partial charge is 0.493 e. The molecule has 3 atom stereocenters. The third-order valence-electron chi connectivity index (χ3n) is 21.4. The average molecular weight is 1550 g/mol. The van der Waals surface area contributed by atoms with Gasteiger partial charge in [0, 0.05) is 75.5 Å². The fourth-order valence-corrected chi connectivity index (χ4v) is 21.0. The highest BCUT2D eigenvalue weighted by molar-refractivity contribution is 7.45. The second-order valence-electron chi connectivity index (χ2n) is 28.0. The molecule has 9 fully saturated rings. The number of carbonyl (C=O) groups excluding carboxylic acids is 3. The highest BCUT2D eigenvalue weighted by Crippen LogP contribution is 2.45. The van der Waals surface area contributed by atoms with Crippen molar-refractivity contribution >= 4 is 93.8 Å². The minimum atomic E-state index is -4.64. The second kappa shape index (κ2) is 35.1. The number of quaternary nitrogens is 3. The van der Waals surface area contributed by atoms with Crippen molar-refractivity contribution in [3.05, 3.63) is 225 Å². The van der Waals surface area contributed by atoms with Crippen LogP contribution in [0.2, 0.25) is 0 Å². The Balaban J connectivity index is 0.000000142. The zero-order valence-electron chi connectivity index (χ0n) is 58.0. The van der Waals surface area contributed by atoms with E-state index in [1.807, 2.05) is 196 Å². The van der Waals surface area contributed by atoms with E-state index in [2.05, 4.69) is 0 Å². The molecule has 9 saturated heterocycles. The smallest absolute Gasteiger partial charge is 0.466 e. The molecule has 9 aliphatic heterocycles. The van der Waals surface area contributed by atoms with E-state index in [0.717, 1.165) is 167 Å². The average Bonchev–Trinajstić information content (AvgIpc) is 1.14. The Kier molecular flexibility index (Phi) is 26.0. The molecule has 104 heavy (non-hydrogen) atoms. The Morgan fingerprint density at radius 1 is 0.356 bits per heavy atom.